The zero-order valence-corrected chi connectivity index (χ0v) is 15.8. The molecule has 0 saturated carbocycles. The van der Waals surface area contributed by atoms with Crippen LogP contribution in [0, 0.1) is 0 Å². The molecule has 1 amide bonds. The first kappa shape index (κ1) is 18.6. The van der Waals surface area contributed by atoms with Crippen LogP contribution in [0.5, 0.6) is 0 Å². The average molecular weight is 404 g/mol. The summed E-state index contributed by atoms with van der Waals surface area (Å²) in [6.07, 6.45) is 0. The third-order valence-electron chi connectivity index (χ3n) is 4.19. The van der Waals surface area contributed by atoms with Gasteiger partial charge in [0.1, 0.15) is 0 Å². The van der Waals surface area contributed by atoms with Gasteiger partial charge in [0.2, 0.25) is 0 Å². The predicted octanol–water partition coefficient (Wildman–Crippen LogP) is 4.87. The quantitative estimate of drug-likeness (QED) is 0.480. The number of amides is 1. The van der Waals surface area contributed by atoms with E-state index in [0.29, 0.717) is 27.3 Å². The molecule has 0 atom stereocenters. The van der Waals surface area contributed by atoms with Crippen LogP contribution in [0.25, 0.3) is 11.5 Å². The lowest BCUT2D eigenvalue weighted by Crippen LogP contribution is -2.12. The van der Waals surface area contributed by atoms with Crippen LogP contribution in [-0.2, 0) is 0 Å². The highest BCUT2D eigenvalue weighted by molar-refractivity contribution is 6.33. The molecule has 1 heterocycles. The highest BCUT2D eigenvalue weighted by Gasteiger charge is 2.15. The molecule has 1 aromatic heterocycles. The summed E-state index contributed by atoms with van der Waals surface area (Å²) in [7, 11) is 0. The molecule has 0 unspecified atom stereocenters. The fourth-order valence-corrected chi connectivity index (χ4v) is 2.93. The molecule has 6 nitrogen and oxygen atoms in total. The lowest BCUT2D eigenvalue weighted by atomic mass is 10.0. The summed E-state index contributed by atoms with van der Waals surface area (Å²) in [5, 5.41) is 10.7. The van der Waals surface area contributed by atoms with Gasteiger partial charge in [-0.25, -0.2) is 0 Å². The molecule has 0 radical (unpaired) electrons. The summed E-state index contributed by atoms with van der Waals surface area (Å²) in [4.78, 5) is 24.9. The number of benzene rings is 3. The van der Waals surface area contributed by atoms with E-state index in [9.17, 15) is 9.59 Å². The molecule has 0 bridgehead atoms. The second-order valence-electron chi connectivity index (χ2n) is 6.12. The lowest BCUT2D eigenvalue weighted by Gasteiger charge is -2.04. The highest BCUT2D eigenvalue weighted by Crippen LogP contribution is 2.27. The number of nitrogens with one attached hydrogen (secondary N) is 1. The molecule has 29 heavy (non-hydrogen) atoms. The molecule has 3 aromatic carbocycles. The van der Waals surface area contributed by atoms with Crippen molar-refractivity contribution in [1.82, 2.24) is 10.2 Å². The Morgan fingerprint density at radius 2 is 1.38 bits per heavy atom. The van der Waals surface area contributed by atoms with E-state index >= 15 is 0 Å². The Bertz CT molecular complexity index is 1170. The number of ketones is 1. The maximum Gasteiger partial charge on any atom is 0.322 e. The number of aromatic nitrogens is 2. The topological polar surface area (TPSA) is 85.1 Å². The Kier molecular flexibility index (Phi) is 5.18. The minimum absolute atomic E-state index is 0.0469. The van der Waals surface area contributed by atoms with Crippen LogP contribution in [0.15, 0.2) is 83.3 Å². The van der Waals surface area contributed by atoms with Gasteiger partial charge in [-0.2, -0.15) is 0 Å². The van der Waals surface area contributed by atoms with Crippen molar-refractivity contribution in [2.45, 2.75) is 0 Å². The largest absolute Gasteiger partial charge is 0.403 e. The Balaban J connectivity index is 1.47. The summed E-state index contributed by atoms with van der Waals surface area (Å²) in [5.74, 6) is -0.341. The van der Waals surface area contributed by atoms with E-state index in [1.165, 1.54) is 0 Å². The maximum atomic E-state index is 12.4. The number of hydrogen-bond donors (Lipinski definition) is 1. The van der Waals surface area contributed by atoms with Gasteiger partial charge in [0.05, 0.1) is 10.6 Å². The minimum atomic E-state index is -0.432. The number of nitrogens with zero attached hydrogens (tertiary/aromatic N) is 2. The number of carbonyl (C=O) groups excluding carboxylic acids is 2. The molecule has 0 aliphatic carbocycles. The van der Waals surface area contributed by atoms with Crippen molar-refractivity contribution in [3.8, 4) is 11.5 Å². The van der Waals surface area contributed by atoms with Crippen LogP contribution >= 0.6 is 11.6 Å². The van der Waals surface area contributed by atoms with E-state index in [0.717, 1.165) is 0 Å². The molecular formula is C22H14ClN3O3. The first-order valence-electron chi connectivity index (χ1n) is 8.71. The lowest BCUT2D eigenvalue weighted by molar-refractivity contribution is 0.101. The van der Waals surface area contributed by atoms with Crippen LogP contribution in [0.4, 0.5) is 6.01 Å². The van der Waals surface area contributed by atoms with Crippen molar-refractivity contribution in [1.29, 1.82) is 0 Å². The van der Waals surface area contributed by atoms with Crippen molar-refractivity contribution in [3.05, 3.63) is 101 Å². The van der Waals surface area contributed by atoms with Crippen molar-refractivity contribution in [2.24, 2.45) is 0 Å². The zero-order valence-electron chi connectivity index (χ0n) is 15.0. The molecule has 7 heteroatoms. The first-order chi connectivity index (χ1) is 14.1. The smallest absolute Gasteiger partial charge is 0.322 e. The summed E-state index contributed by atoms with van der Waals surface area (Å²) in [6.45, 7) is 0. The molecule has 0 fully saturated rings. The number of carbonyl (C=O) groups is 2. The molecule has 1 N–H and O–H groups in total. The Labute approximate surface area is 171 Å². The van der Waals surface area contributed by atoms with Gasteiger partial charge in [-0.15, -0.1) is 5.10 Å². The first-order valence-corrected chi connectivity index (χ1v) is 9.09. The van der Waals surface area contributed by atoms with Crippen LogP contribution in [-0.4, -0.2) is 21.9 Å². The number of halogens is 1. The average Bonchev–Trinajstić information content (AvgIpc) is 3.22. The van der Waals surface area contributed by atoms with Gasteiger partial charge < -0.3 is 4.42 Å². The normalized spacial score (nSPS) is 10.5. The number of anilines is 1. The molecule has 142 valence electrons. The fourth-order valence-electron chi connectivity index (χ4n) is 2.72. The molecule has 0 aliphatic heterocycles. The molecular weight excluding hydrogens is 390 g/mol. The van der Waals surface area contributed by atoms with E-state index in [2.05, 4.69) is 15.5 Å². The Hall–Kier alpha value is -3.77. The van der Waals surface area contributed by atoms with Crippen molar-refractivity contribution in [3.63, 3.8) is 0 Å². The summed E-state index contributed by atoms with van der Waals surface area (Å²) < 4.78 is 5.47. The van der Waals surface area contributed by atoms with Crippen molar-refractivity contribution >= 4 is 29.3 Å². The molecule has 0 aliphatic rings. The molecule has 4 aromatic rings. The van der Waals surface area contributed by atoms with E-state index in [1.807, 2.05) is 6.07 Å². The predicted molar refractivity (Wildman–Crippen MR) is 109 cm³/mol. The molecule has 0 spiro atoms. The van der Waals surface area contributed by atoms with Crippen LogP contribution < -0.4 is 5.32 Å². The van der Waals surface area contributed by atoms with E-state index in [4.69, 9.17) is 16.0 Å². The Morgan fingerprint density at radius 1 is 0.759 bits per heavy atom. The van der Waals surface area contributed by atoms with Crippen molar-refractivity contribution < 1.29 is 14.0 Å². The maximum absolute atomic E-state index is 12.4. The number of hydrogen-bond acceptors (Lipinski definition) is 5. The van der Waals surface area contributed by atoms with Gasteiger partial charge >= 0.3 is 6.01 Å². The van der Waals surface area contributed by atoms with E-state index < -0.39 is 5.91 Å². The minimum Gasteiger partial charge on any atom is -0.403 e. The highest BCUT2D eigenvalue weighted by atomic mass is 35.5. The van der Waals surface area contributed by atoms with Crippen LogP contribution in [0.1, 0.15) is 26.3 Å². The molecule has 4 rings (SSSR count). The van der Waals surface area contributed by atoms with Gasteiger partial charge in [0.15, 0.2) is 5.78 Å². The van der Waals surface area contributed by atoms with Gasteiger partial charge in [-0.1, -0.05) is 71.3 Å². The fraction of sp³-hybridized carbons (Fsp3) is 0. The van der Waals surface area contributed by atoms with Gasteiger partial charge in [-0.05, 0) is 24.3 Å². The van der Waals surface area contributed by atoms with E-state index in [1.54, 1.807) is 72.8 Å². The molecule has 0 saturated heterocycles. The van der Waals surface area contributed by atoms with Gasteiger partial charge in [0, 0.05) is 16.7 Å². The second-order valence-corrected chi connectivity index (χ2v) is 6.53. The van der Waals surface area contributed by atoms with E-state index in [-0.39, 0.29) is 17.7 Å². The second kappa shape index (κ2) is 8.08. The van der Waals surface area contributed by atoms with Gasteiger partial charge in [0.25, 0.3) is 11.8 Å². The van der Waals surface area contributed by atoms with Crippen LogP contribution in [0.2, 0.25) is 5.02 Å². The summed E-state index contributed by atoms with van der Waals surface area (Å²) >= 11 is 6.11. The third kappa shape index (κ3) is 4.07. The summed E-state index contributed by atoms with van der Waals surface area (Å²) in [6, 6.07) is 22.3. The SMILES string of the molecule is O=C(Nc1nnc(-c2ccccc2Cl)o1)c1ccc(C(=O)c2ccccc2)cc1. The third-order valence-corrected chi connectivity index (χ3v) is 4.52. The standard InChI is InChI=1S/C22H14ClN3O3/c23-18-9-5-4-8-17(18)21-25-26-22(29-21)24-20(28)16-12-10-15(11-13-16)19(27)14-6-2-1-3-7-14/h1-13H,(H,24,26,28). The monoisotopic (exact) mass is 403 g/mol. The summed E-state index contributed by atoms with van der Waals surface area (Å²) in [5.41, 5.74) is 2.01. The van der Waals surface area contributed by atoms with Crippen molar-refractivity contribution in [2.75, 3.05) is 5.32 Å². The number of rotatable bonds is 5. The zero-order chi connectivity index (χ0) is 20.2. The van der Waals surface area contributed by atoms with Gasteiger partial charge in [-0.3, -0.25) is 14.9 Å². The Morgan fingerprint density at radius 3 is 2.10 bits per heavy atom. The van der Waals surface area contributed by atoms with Crippen LogP contribution in [0.3, 0.4) is 0 Å².